The molecule has 4 aromatic rings. The number of carbonyl (C=O) groups excluding carboxylic acids is 1. The molecular formula is C21H18N6O. The van der Waals surface area contributed by atoms with Crippen LogP contribution in [-0.2, 0) is 0 Å². The molecule has 28 heavy (non-hydrogen) atoms. The Kier molecular flexibility index (Phi) is 4.55. The zero-order chi connectivity index (χ0) is 19.5. The van der Waals surface area contributed by atoms with Gasteiger partial charge in [0.15, 0.2) is 17.4 Å². The fraction of sp³-hybridized carbons (Fsp3) is 0.0476. The van der Waals surface area contributed by atoms with Gasteiger partial charge in [0.05, 0.1) is 5.52 Å². The molecule has 0 bridgehead atoms. The van der Waals surface area contributed by atoms with Crippen LogP contribution in [0.3, 0.4) is 0 Å². The third-order valence-electron chi connectivity index (χ3n) is 4.31. The first-order valence-corrected chi connectivity index (χ1v) is 8.71. The molecule has 2 aromatic carbocycles. The minimum atomic E-state index is -0.00812. The molecule has 2 heterocycles. The minimum Gasteiger partial charge on any atom is -0.393 e. The standard InChI is InChI=1S/C21H18N6O/c1-13(28)14-5-2-6-15(11-14)26-20-19(22)21(25-12-24-20)27-18-9-3-8-17-16(18)7-4-10-23-17/h2-12H,22H2,1H3,(H2,24,25,26,27). The molecule has 0 aliphatic carbocycles. The quantitative estimate of drug-likeness (QED) is 0.450. The SMILES string of the molecule is CC(=O)c1cccc(Nc2ncnc(Nc3cccc4ncccc34)c2N)c1. The first-order valence-electron chi connectivity index (χ1n) is 8.71. The van der Waals surface area contributed by atoms with E-state index < -0.39 is 0 Å². The molecule has 0 aliphatic rings. The minimum absolute atomic E-state index is 0.00812. The topological polar surface area (TPSA) is 106 Å². The molecule has 0 spiro atoms. The second-order valence-corrected chi connectivity index (χ2v) is 6.25. The number of nitrogens with zero attached hydrogens (tertiary/aromatic N) is 3. The van der Waals surface area contributed by atoms with Crippen molar-refractivity contribution >= 4 is 45.4 Å². The van der Waals surface area contributed by atoms with Gasteiger partial charge in [-0.3, -0.25) is 9.78 Å². The number of hydrogen-bond donors (Lipinski definition) is 3. The molecule has 0 fully saturated rings. The maximum Gasteiger partial charge on any atom is 0.159 e. The van der Waals surface area contributed by atoms with Crippen LogP contribution in [0.5, 0.6) is 0 Å². The number of pyridine rings is 1. The number of aromatic nitrogens is 3. The number of benzene rings is 2. The molecule has 0 unspecified atom stereocenters. The molecule has 4 rings (SSSR count). The van der Waals surface area contributed by atoms with E-state index in [1.54, 1.807) is 24.4 Å². The van der Waals surface area contributed by atoms with Gasteiger partial charge in [0, 0.05) is 28.5 Å². The number of Topliss-reactive ketones (excluding diaryl/α,β-unsaturated/α-hetero) is 1. The predicted molar refractivity (Wildman–Crippen MR) is 111 cm³/mol. The lowest BCUT2D eigenvalue weighted by molar-refractivity contribution is 0.101. The van der Waals surface area contributed by atoms with Crippen molar-refractivity contribution in [2.24, 2.45) is 0 Å². The second kappa shape index (κ2) is 7.32. The molecule has 0 atom stereocenters. The number of hydrogen-bond acceptors (Lipinski definition) is 7. The van der Waals surface area contributed by atoms with Crippen molar-refractivity contribution in [3.8, 4) is 0 Å². The number of ketones is 1. The van der Waals surface area contributed by atoms with Gasteiger partial charge in [0.2, 0.25) is 0 Å². The fourth-order valence-corrected chi connectivity index (χ4v) is 2.89. The lowest BCUT2D eigenvalue weighted by Crippen LogP contribution is -2.05. The first kappa shape index (κ1) is 17.4. The van der Waals surface area contributed by atoms with Gasteiger partial charge in [-0.1, -0.05) is 18.2 Å². The number of nitrogens with one attached hydrogen (secondary N) is 2. The maximum atomic E-state index is 11.6. The molecule has 7 nitrogen and oxygen atoms in total. The molecule has 2 aromatic heterocycles. The van der Waals surface area contributed by atoms with E-state index in [1.807, 2.05) is 36.4 Å². The molecule has 0 aliphatic heterocycles. The normalized spacial score (nSPS) is 10.6. The number of nitrogen functional groups attached to an aromatic ring is 1. The van der Waals surface area contributed by atoms with Gasteiger partial charge < -0.3 is 16.4 Å². The summed E-state index contributed by atoms with van der Waals surface area (Å²) in [5, 5.41) is 7.38. The van der Waals surface area contributed by atoms with Gasteiger partial charge in [-0.25, -0.2) is 9.97 Å². The summed E-state index contributed by atoms with van der Waals surface area (Å²) in [4.78, 5) is 24.4. The molecule has 0 saturated heterocycles. The van der Waals surface area contributed by atoms with Crippen molar-refractivity contribution < 1.29 is 4.79 Å². The van der Waals surface area contributed by atoms with Crippen molar-refractivity contribution in [1.82, 2.24) is 15.0 Å². The van der Waals surface area contributed by atoms with Crippen molar-refractivity contribution in [3.63, 3.8) is 0 Å². The number of nitrogens with two attached hydrogens (primary N) is 1. The van der Waals surface area contributed by atoms with Gasteiger partial charge in [-0.2, -0.15) is 0 Å². The van der Waals surface area contributed by atoms with Crippen LogP contribution in [0.15, 0.2) is 67.1 Å². The lowest BCUT2D eigenvalue weighted by Gasteiger charge is -2.14. The highest BCUT2D eigenvalue weighted by molar-refractivity contribution is 5.96. The van der Waals surface area contributed by atoms with Crippen LogP contribution in [0, 0.1) is 0 Å². The summed E-state index contributed by atoms with van der Waals surface area (Å²) in [5.74, 6) is 0.930. The van der Waals surface area contributed by atoms with E-state index in [4.69, 9.17) is 5.73 Å². The molecule has 0 radical (unpaired) electrons. The lowest BCUT2D eigenvalue weighted by atomic mass is 10.1. The maximum absolute atomic E-state index is 11.6. The third-order valence-corrected chi connectivity index (χ3v) is 4.31. The Morgan fingerprint density at radius 1 is 0.929 bits per heavy atom. The number of rotatable bonds is 5. The number of carbonyl (C=O) groups is 1. The molecule has 0 saturated carbocycles. The molecule has 7 heteroatoms. The molecule has 4 N–H and O–H groups in total. The Morgan fingerprint density at radius 3 is 2.54 bits per heavy atom. The van der Waals surface area contributed by atoms with E-state index in [0.29, 0.717) is 22.9 Å². The summed E-state index contributed by atoms with van der Waals surface area (Å²) in [5.41, 5.74) is 9.71. The van der Waals surface area contributed by atoms with E-state index >= 15 is 0 Å². The zero-order valence-electron chi connectivity index (χ0n) is 15.2. The van der Waals surface area contributed by atoms with E-state index in [0.717, 1.165) is 22.3 Å². The largest absolute Gasteiger partial charge is 0.393 e. The smallest absolute Gasteiger partial charge is 0.159 e. The Labute approximate surface area is 161 Å². The van der Waals surface area contributed by atoms with Gasteiger partial charge in [0.1, 0.15) is 12.0 Å². The highest BCUT2D eigenvalue weighted by Gasteiger charge is 2.11. The predicted octanol–water partition coefficient (Wildman–Crippen LogP) is 4.30. The highest BCUT2D eigenvalue weighted by atomic mass is 16.1. The van der Waals surface area contributed by atoms with Crippen LogP contribution in [0.1, 0.15) is 17.3 Å². The molecule has 0 amide bonds. The summed E-state index contributed by atoms with van der Waals surface area (Å²) < 4.78 is 0. The summed E-state index contributed by atoms with van der Waals surface area (Å²) in [6.07, 6.45) is 3.18. The third kappa shape index (κ3) is 3.45. The van der Waals surface area contributed by atoms with Crippen LogP contribution in [0.25, 0.3) is 10.9 Å². The van der Waals surface area contributed by atoms with Crippen LogP contribution in [-0.4, -0.2) is 20.7 Å². The Hall–Kier alpha value is -4.00. The average molecular weight is 370 g/mol. The summed E-state index contributed by atoms with van der Waals surface area (Å²) in [7, 11) is 0. The highest BCUT2D eigenvalue weighted by Crippen LogP contribution is 2.30. The Morgan fingerprint density at radius 2 is 1.71 bits per heavy atom. The summed E-state index contributed by atoms with van der Waals surface area (Å²) in [6, 6.07) is 16.8. The number of anilines is 5. The first-order chi connectivity index (χ1) is 13.6. The van der Waals surface area contributed by atoms with Gasteiger partial charge in [-0.15, -0.1) is 0 Å². The average Bonchev–Trinajstić information content (AvgIpc) is 2.71. The summed E-state index contributed by atoms with van der Waals surface area (Å²) in [6.45, 7) is 1.53. The van der Waals surface area contributed by atoms with E-state index in [9.17, 15) is 4.79 Å². The number of fused-ring (bicyclic) bond motifs is 1. The van der Waals surface area contributed by atoms with Crippen LogP contribution in [0.2, 0.25) is 0 Å². The van der Waals surface area contributed by atoms with Gasteiger partial charge >= 0.3 is 0 Å². The van der Waals surface area contributed by atoms with Crippen molar-refractivity contribution in [1.29, 1.82) is 0 Å². The Balaban J connectivity index is 1.65. The van der Waals surface area contributed by atoms with Gasteiger partial charge in [0.25, 0.3) is 0 Å². The van der Waals surface area contributed by atoms with Crippen LogP contribution < -0.4 is 16.4 Å². The van der Waals surface area contributed by atoms with Crippen LogP contribution >= 0.6 is 0 Å². The Bertz CT molecular complexity index is 1170. The monoisotopic (exact) mass is 370 g/mol. The van der Waals surface area contributed by atoms with Crippen molar-refractivity contribution in [2.75, 3.05) is 16.4 Å². The molecule has 138 valence electrons. The van der Waals surface area contributed by atoms with Crippen molar-refractivity contribution in [2.45, 2.75) is 6.92 Å². The zero-order valence-corrected chi connectivity index (χ0v) is 15.2. The van der Waals surface area contributed by atoms with E-state index in [1.165, 1.54) is 13.3 Å². The van der Waals surface area contributed by atoms with E-state index in [2.05, 4.69) is 25.6 Å². The fourth-order valence-electron chi connectivity index (χ4n) is 2.89. The van der Waals surface area contributed by atoms with Crippen LogP contribution in [0.4, 0.5) is 28.7 Å². The summed E-state index contributed by atoms with van der Waals surface area (Å²) >= 11 is 0. The van der Waals surface area contributed by atoms with Gasteiger partial charge in [-0.05, 0) is 43.3 Å². The second-order valence-electron chi connectivity index (χ2n) is 6.25. The molecular weight excluding hydrogens is 352 g/mol. The van der Waals surface area contributed by atoms with E-state index in [-0.39, 0.29) is 5.78 Å². The van der Waals surface area contributed by atoms with Crippen molar-refractivity contribution in [3.05, 3.63) is 72.7 Å².